The lowest BCUT2D eigenvalue weighted by Gasteiger charge is -2.33. The minimum atomic E-state index is -4.24. The van der Waals surface area contributed by atoms with Crippen molar-refractivity contribution in [2.75, 3.05) is 18.0 Å². The number of halogens is 3. The Morgan fingerprint density at radius 2 is 1.61 bits per heavy atom. The van der Waals surface area contributed by atoms with Gasteiger partial charge in [0.15, 0.2) is 0 Å². The van der Waals surface area contributed by atoms with E-state index in [9.17, 15) is 18.0 Å². The zero-order valence-corrected chi connectivity index (χ0v) is 26.4. The third-order valence-electron chi connectivity index (χ3n) is 6.05. The number of anilines is 1. The van der Waals surface area contributed by atoms with Crippen molar-refractivity contribution in [2.45, 2.75) is 50.7 Å². The Morgan fingerprint density at radius 1 is 0.951 bits per heavy atom. The van der Waals surface area contributed by atoms with Gasteiger partial charge in [0.2, 0.25) is 11.8 Å². The van der Waals surface area contributed by atoms with E-state index in [0.29, 0.717) is 21.4 Å². The molecule has 0 aromatic heterocycles. The second kappa shape index (κ2) is 13.3. The third kappa shape index (κ3) is 8.29. The van der Waals surface area contributed by atoms with E-state index >= 15 is 0 Å². The molecule has 0 saturated heterocycles. The molecular weight excluding hydrogens is 609 g/mol. The summed E-state index contributed by atoms with van der Waals surface area (Å²) in [5, 5.41) is 3.74. The standard InChI is InChI=1S/C29H32Cl3N3O5S/c1-19(28(37)33-29(2,3)4)34(17-20-11-12-21(30)15-24(20)31)27(36)18-35(22-13-14-26(40-5)25(32)16-22)41(38,39)23-9-7-6-8-10-23/h6-16,19H,17-18H2,1-5H3,(H,33,37)/t19-/m1/s1. The number of sulfonamides is 1. The smallest absolute Gasteiger partial charge is 0.264 e. The van der Waals surface area contributed by atoms with Gasteiger partial charge in [0.1, 0.15) is 18.3 Å². The van der Waals surface area contributed by atoms with E-state index in [1.54, 1.807) is 37.3 Å². The van der Waals surface area contributed by atoms with Crippen molar-refractivity contribution in [1.29, 1.82) is 0 Å². The Kier molecular flexibility index (Phi) is 10.6. The van der Waals surface area contributed by atoms with Crippen LogP contribution in [0.5, 0.6) is 5.75 Å². The van der Waals surface area contributed by atoms with Crippen LogP contribution in [0.25, 0.3) is 0 Å². The summed E-state index contributed by atoms with van der Waals surface area (Å²) >= 11 is 18.8. The molecule has 0 aliphatic heterocycles. The maximum atomic E-state index is 14.0. The molecule has 3 rings (SSSR count). The van der Waals surface area contributed by atoms with Crippen LogP contribution in [-0.2, 0) is 26.2 Å². The molecule has 0 unspecified atom stereocenters. The van der Waals surface area contributed by atoms with Gasteiger partial charge in [-0.15, -0.1) is 0 Å². The van der Waals surface area contributed by atoms with Crippen molar-refractivity contribution < 1.29 is 22.7 Å². The van der Waals surface area contributed by atoms with Gasteiger partial charge in [-0.2, -0.15) is 0 Å². The van der Waals surface area contributed by atoms with Crippen molar-refractivity contribution in [3.05, 3.63) is 87.4 Å². The van der Waals surface area contributed by atoms with Crippen LogP contribution in [0.4, 0.5) is 5.69 Å². The van der Waals surface area contributed by atoms with Crippen LogP contribution < -0.4 is 14.4 Å². The Morgan fingerprint density at radius 3 is 2.17 bits per heavy atom. The minimum absolute atomic E-state index is 0.0226. The third-order valence-corrected chi connectivity index (χ3v) is 8.73. The number of amides is 2. The predicted molar refractivity (Wildman–Crippen MR) is 163 cm³/mol. The zero-order chi connectivity index (χ0) is 30.5. The van der Waals surface area contributed by atoms with Gasteiger partial charge in [-0.05, 0) is 75.7 Å². The SMILES string of the molecule is COc1ccc(N(CC(=O)N(Cc2ccc(Cl)cc2Cl)[C@H](C)C(=O)NC(C)(C)C)S(=O)(=O)c2ccccc2)cc1Cl. The molecule has 41 heavy (non-hydrogen) atoms. The largest absolute Gasteiger partial charge is 0.495 e. The van der Waals surface area contributed by atoms with Gasteiger partial charge in [0, 0.05) is 22.1 Å². The van der Waals surface area contributed by atoms with Crippen LogP contribution in [0.2, 0.25) is 15.1 Å². The number of carbonyl (C=O) groups is 2. The minimum Gasteiger partial charge on any atom is -0.495 e. The number of benzene rings is 3. The van der Waals surface area contributed by atoms with Crippen molar-refractivity contribution in [1.82, 2.24) is 10.2 Å². The lowest BCUT2D eigenvalue weighted by molar-refractivity contribution is -0.140. The van der Waals surface area contributed by atoms with E-state index in [4.69, 9.17) is 39.5 Å². The second-order valence-corrected chi connectivity index (χ2v) is 13.4. The van der Waals surface area contributed by atoms with E-state index < -0.39 is 40.0 Å². The van der Waals surface area contributed by atoms with Crippen molar-refractivity contribution in [2.24, 2.45) is 0 Å². The number of hydrogen-bond donors (Lipinski definition) is 1. The molecule has 0 fully saturated rings. The first-order valence-electron chi connectivity index (χ1n) is 12.6. The van der Waals surface area contributed by atoms with E-state index in [1.165, 1.54) is 48.4 Å². The number of hydrogen-bond acceptors (Lipinski definition) is 5. The highest BCUT2D eigenvalue weighted by Crippen LogP contribution is 2.32. The van der Waals surface area contributed by atoms with Gasteiger partial charge >= 0.3 is 0 Å². The summed E-state index contributed by atoms with van der Waals surface area (Å²) in [7, 11) is -2.80. The molecule has 3 aromatic carbocycles. The molecule has 0 saturated carbocycles. The number of nitrogens with zero attached hydrogens (tertiary/aromatic N) is 2. The molecule has 2 amide bonds. The summed E-state index contributed by atoms with van der Waals surface area (Å²) in [4.78, 5) is 28.5. The fourth-order valence-electron chi connectivity index (χ4n) is 3.95. The number of nitrogens with one attached hydrogen (secondary N) is 1. The quantitative estimate of drug-likeness (QED) is 0.286. The summed E-state index contributed by atoms with van der Waals surface area (Å²) in [6, 6.07) is 16.0. The molecule has 0 spiro atoms. The molecule has 0 aliphatic carbocycles. The summed E-state index contributed by atoms with van der Waals surface area (Å²) in [6.07, 6.45) is 0. The van der Waals surface area contributed by atoms with Crippen LogP contribution in [0.1, 0.15) is 33.3 Å². The molecule has 1 N–H and O–H groups in total. The number of methoxy groups -OCH3 is 1. The summed E-state index contributed by atoms with van der Waals surface area (Å²) < 4.78 is 33.9. The van der Waals surface area contributed by atoms with Gasteiger partial charge in [-0.1, -0.05) is 59.1 Å². The van der Waals surface area contributed by atoms with Crippen molar-refractivity contribution >= 4 is 62.3 Å². The summed E-state index contributed by atoms with van der Waals surface area (Å²) in [5.41, 5.74) is 0.106. The molecule has 1 atom stereocenters. The zero-order valence-electron chi connectivity index (χ0n) is 23.3. The van der Waals surface area contributed by atoms with E-state index in [0.717, 1.165) is 4.31 Å². The lowest BCUT2D eigenvalue weighted by atomic mass is 10.1. The van der Waals surface area contributed by atoms with Crippen molar-refractivity contribution in [3.63, 3.8) is 0 Å². The lowest BCUT2D eigenvalue weighted by Crippen LogP contribution is -2.54. The van der Waals surface area contributed by atoms with Gasteiger partial charge in [-0.25, -0.2) is 8.42 Å². The molecule has 3 aromatic rings. The second-order valence-electron chi connectivity index (χ2n) is 10.3. The first kappa shape index (κ1) is 32.5. The average molecular weight is 641 g/mol. The number of ether oxygens (including phenoxy) is 1. The first-order chi connectivity index (χ1) is 19.1. The normalized spacial score (nSPS) is 12.4. The molecule has 12 heteroatoms. The molecule has 8 nitrogen and oxygen atoms in total. The molecule has 0 bridgehead atoms. The van der Waals surface area contributed by atoms with Crippen LogP contribution in [0, 0.1) is 0 Å². The topological polar surface area (TPSA) is 96.0 Å². The number of carbonyl (C=O) groups excluding carboxylic acids is 2. The highest BCUT2D eigenvalue weighted by Gasteiger charge is 2.34. The molecule has 0 aliphatic rings. The molecule has 0 radical (unpaired) electrons. The average Bonchev–Trinajstić information content (AvgIpc) is 2.90. The van der Waals surface area contributed by atoms with E-state index in [1.807, 2.05) is 20.8 Å². The summed E-state index contributed by atoms with van der Waals surface area (Å²) in [6.45, 7) is 6.34. The maximum absolute atomic E-state index is 14.0. The fourth-order valence-corrected chi connectivity index (χ4v) is 6.10. The molecule has 220 valence electrons. The van der Waals surface area contributed by atoms with Gasteiger partial charge in [0.25, 0.3) is 10.0 Å². The number of rotatable bonds is 10. The highest BCUT2D eigenvalue weighted by molar-refractivity contribution is 7.92. The van der Waals surface area contributed by atoms with Crippen LogP contribution in [-0.4, -0.2) is 50.4 Å². The van der Waals surface area contributed by atoms with Crippen molar-refractivity contribution in [3.8, 4) is 5.75 Å². The van der Waals surface area contributed by atoms with Gasteiger partial charge in [-0.3, -0.25) is 13.9 Å². The fraction of sp³-hybridized carbons (Fsp3) is 0.310. The van der Waals surface area contributed by atoms with Crippen LogP contribution in [0.3, 0.4) is 0 Å². The van der Waals surface area contributed by atoms with Crippen LogP contribution >= 0.6 is 34.8 Å². The van der Waals surface area contributed by atoms with Gasteiger partial charge < -0.3 is 15.0 Å². The Labute approximate surface area is 256 Å². The first-order valence-corrected chi connectivity index (χ1v) is 15.2. The Balaban J connectivity index is 2.08. The monoisotopic (exact) mass is 639 g/mol. The predicted octanol–water partition coefficient (Wildman–Crippen LogP) is 6.18. The Hall–Kier alpha value is -2.98. The van der Waals surface area contributed by atoms with E-state index in [-0.39, 0.29) is 22.2 Å². The summed E-state index contributed by atoms with van der Waals surface area (Å²) in [5.74, 6) is -0.717. The van der Waals surface area contributed by atoms with E-state index in [2.05, 4.69) is 5.32 Å². The Bertz CT molecular complexity index is 1510. The highest BCUT2D eigenvalue weighted by atomic mass is 35.5. The molecular formula is C29H32Cl3N3O5S. The molecule has 0 heterocycles. The van der Waals surface area contributed by atoms with Crippen LogP contribution in [0.15, 0.2) is 71.6 Å². The maximum Gasteiger partial charge on any atom is 0.264 e. The van der Waals surface area contributed by atoms with Gasteiger partial charge in [0.05, 0.1) is 22.7 Å².